The van der Waals surface area contributed by atoms with E-state index in [2.05, 4.69) is 10.0 Å². The van der Waals surface area contributed by atoms with E-state index >= 15 is 0 Å². The highest BCUT2D eigenvalue weighted by molar-refractivity contribution is 7.92. The highest BCUT2D eigenvalue weighted by atomic mass is 35.5. The van der Waals surface area contributed by atoms with Crippen LogP contribution in [0.1, 0.15) is 5.56 Å². The van der Waals surface area contributed by atoms with Crippen molar-refractivity contribution in [2.45, 2.75) is 6.92 Å². The molecular formula is C10H13ClN2O3S. The number of aryl methyl sites for hydroxylation is 1. The van der Waals surface area contributed by atoms with Crippen molar-refractivity contribution in [3.05, 3.63) is 23.8 Å². The first-order valence-electron chi connectivity index (χ1n) is 4.76. The predicted octanol–water partition coefficient (Wildman–Crippen LogP) is 1.54. The van der Waals surface area contributed by atoms with Crippen LogP contribution >= 0.6 is 11.6 Å². The molecular weight excluding hydrogens is 264 g/mol. The van der Waals surface area contributed by atoms with Gasteiger partial charge >= 0.3 is 0 Å². The van der Waals surface area contributed by atoms with Crippen molar-refractivity contribution < 1.29 is 13.2 Å². The Morgan fingerprint density at radius 1 is 1.35 bits per heavy atom. The molecule has 1 aromatic rings. The maximum atomic E-state index is 11.2. The Bertz CT molecular complexity index is 528. The lowest BCUT2D eigenvalue weighted by atomic mass is 10.2. The quantitative estimate of drug-likeness (QED) is 0.819. The molecule has 0 aliphatic rings. The van der Waals surface area contributed by atoms with Gasteiger partial charge in [-0.3, -0.25) is 9.52 Å². The lowest BCUT2D eigenvalue weighted by Gasteiger charge is -2.12. The zero-order valence-electron chi connectivity index (χ0n) is 9.45. The van der Waals surface area contributed by atoms with Gasteiger partial charge in [0.05, 0.1) is 17.6 Å². The van der Waals surface area contributed by atoms with Crippen LogP contribution < -0.4 is 10.0 Å². The molecule has 1 aromatic carbocycles. The summed E-state index contributed by atoms with van der Waals surface area (Å²) in [4.78, 5) is 11.2. The molecule has 0 unspecified atom stereocenters. The highest BCUT2D eigenvalue weighted by Crippen LogP contribution is 2.23. The molecule has 0 radical (unpaired) electrons. The van der Waals surface area contributed by atoms with Gasteiger partial charge in [0, 0.05) is 0 Å². The summed E-state index contributed by atoms with van der Waals surface area (Å²) in [5.41, 5.74) is 1.60. The lowest BCUT2D eigenvalue weighted by molar-refractivity contribution is -0.113. The largest absolute Gasteiger partial charge is 0.323 e. The third kappa shape index (κ3) is 4.62. The molecule has 0 bridgehead atoms. The Hall–Kier alpha value is -1.27. The average Bonchev–Trinajstić information content (AvgIpc) is 2.20. The summed E-state index contributed by atoms with van der Waals surface area (Å²) < 4.78 is 24.6. The van der Waals surface area contributed by atoms with E-state index in [4.69, 9.17) is 11.6 Å². The van der Waals surface area contributed by atoms with Gasteiger partial charge in [-0.2, -0.15) is 0 Å². The summed E-state index contributed by atoms with van der Waals surface area (Å²) in [6.07, 6.45) is 1.04. The van der Waals surface area contributed by atoms with Crippen LogP contribution in [0.2, 0.25) is 0 Å². The van der Waals surface area contributed by atoms with E-state index in [9.17, 15) is 13.2 Å². The first-order valence-corrected chi connectivity index (χ1v) is 7.18. The molecule has 0 saturated carbocycles. The Morgan fingerprint density at radius 3 is 2.53 bits per heavy atom. The summed E-state index contributed by atoms with van der Waals surface area (Å²) >= 11 is 5.38. The number of nitrogens with one attached hydrogen (secondary N) is 2. The molecule has 17 heavy (non-hydrogen) atoms. The third-order valence-electron chi connectivity index (χ3n) is 1.87. The zero-order chi connectivity index (χ0) is 13.1. The molecule has 2 N–H and O–H groups in total. The number of halogens is 1. The van der Waals surface area contributed by atoms with Gasteiger partial charge in [-0.25, -0.2) is 8.42 Å². The molecule has 0 atom stereocenters. The minimum Gasteiger partial charge on any atom is -0.323 e. The third-order valence-corrected chi connectivity index (χ3v) is 2.70. The minimum absolute atomic E-state index is 0.188. The number of anilines is 2. The van der Waals surface area contributed by atoms with Crippen molar-refractivity contribution in [1.29, 1.82) is 0 Å². The molecule has 94 valence electrons. The van der Waals surface area contributed by atoms with E-state index in [-0.39, 0.29) is 5.88 Å². The molecule has 0 spiro atoms. The van der Waals surface area contributed by atoms with Gasteiger partial charge in [0.2, 0.25) is 15.9 Å². The second-order valence-electron chi connectivity index (χ2n) is 3.61. The molecule has 5 nitrogen and oxygen atoms in total. The van der Waals surface area contributed by atoms with Gasteiger partial charge in [0.1, 0.15) is 5.88 Å². The lowest BCUT2D eigenvalue weighted by Crippen LogP contribution is -2.16. The van der Waals surface area contributed by atoms with E-state index in [1.54, 1.807) is 18.2 Å². The number of sulfonamides is 1. The molecule has 1 amide bonds. The van der Waals surface area contributed by atoms with E-state index in [1.807, 2.05) is 6.92 Å². The normalized spacial score (nSPS) is 11.0. The molecule has 0 heterocycles. The number of hydrogen-bond acceptors (Lipinski definition) is 3. The summed E-state index contributed by atoms with van der Waals surface area (Å²) in [6, 6.07) is 4.99. The number of carbonyl (C=O) groups is 1. The van der Waals surface area contributed by atoms with E-state index in [0.29, 0.717) is 11.4 Å². The maximum absolute atomic E-state index is 11.2. The number of amides is 1. The smallest absolute Gasteiger partial charge is 0.239 e. The van der Waals surface area contributed by atoms with Crippen LogP contribution in [0.15, 0.2) is 18.2 Å². The number of benzene rings is 1. The minimum atomic E-state index is -3.39. The Kier molecular flexibility index (Phi) is 4.36. The van der Waals surface area contributed by atoms with Crippen LogP contribution in [-0.2, 0) is 14.8 Å². The van der Waals surface area contributed by atoms with Crippen molar-refractivity contribution in [2.75, 3.05) is 22.2 Å². The van der Waals surface area contributed by atoms with Gasteiger partial charge in [0.25, 0.3) is 0 Å². The fourth-order valence-electron chi connectivity index (χ4n) is 1.23. The fraction of sp³-hybridized carbons (Fsp3) is 0.300. The first-order chi connectivity index (χ1) is 7.81. The summed E-state index contributed by atoms with van der Waals surface area (Å²) in [5.74, 6) is -0.583. The molecule has 0 aliphatic heterocycles. The topological polar surface area (TPSA) is 75.3 Å². The van der Waals surface area contributed by atoms with Crippen LogP contribution in [-0.4, -0.2) is 26.5 Å². The van der Waals surface area contributed by atoms with Crippen molar-refractivity contribution in [1.82, 2.24) is 0 Å². The van der Waals surface area contributed by atoms with Crippen LogP contribution in [0.3, 0.4) is 0 Å². The molecule has 1 rings (SSSR count). The number of hydrogen-bond donors (Lipinski definition) is 2. The second-order valence-corrected chi connectivity index (χ2v) is 5.62. The Balaban J connectivity index is 3.08. The van der Waals surface area contributed by atoms with Crippen molar-refractivity contribution in [3.63, 3.8) is 0 Å². The zero-order valence-corrected chi connectivity index (χ0v) is 11.0. The maximum Gasteiger partial charge on any atom is 0.239 e. The van der Waals surface area contributed by atoms with Crippen LogP contribution in [0.4, 0.5) is 11.4 Å². The van der Waals surface area contributed by atoms with Crippen LogP contribution in [0, 0.1) is 6.92 Å². The molecule has 7 heteroatoms. The number of alkyl halides is 1. The van der Waals surface area contributed by atoms with Gasteiger partial charge < -0.3 is 5.32 Å². The standard InChI is InChI=1S/C10H13ClN2O3S/c1-7-3-4-8(13-17(2,15)16)9(5-7)12-10(14)6-11/h3-5,13H,6H2,1-2H3,(H,12,14). The molecule has 0 saturated heterocycles. The molecule has 0 fully saturated rings. The second kappa shape index (κ2) is 5.37. The summed E-state index contributed by atoms with van der Waals surface area (Å²) in [5, 5.41) is 2.53. The van der Waals surface area contributed by atoms with Gasteiger partial charge in [0.15, 0.2) is 0 Å². The van der Waals surface area contributed by atoms with Crippen molar-refractivity contribution >= 4 is 38.9 Å². The van der Waals surface area contributed by atoms with Gasteiger partial charge in [-0.15, -0.1) is 11.6 Å². The number of carbonyl (C=O) groups excluding carboxylic acids is 1. The predicted molar refractivity (Wildman–Crippen MR) is 69.0 cm³/mol. The van der Waals surface area contributed by atoms with Crippen LogP contribution in [0.5, 0.6) is 0 Å². The first kappa shape index (κ1) is 13.8. The van der Waals surface area contributed by atoms with Crippen LogP contribution in [0.25, 0.3) is 0 Å². The molecule has 0 aliphatic carbocycles. The monoisotopic (exact) mass is 276 g/mol. The summed E-state index contributed by atoms with van der Waals surface area (Å²) in [7, 11) is -3.39. The van der Waals surface area contributed by atoms with Crippen molar-refractivity contribution in [3.8, 4) is 0 Å². The average molecular weight is 277 g/mol. The highest BCUT2D eigenvalue weighted by Gasteiger charge is 2.09. The Morgan fingerprint density at radius 2 is 2.00 bits per heavy atom. The number of rotatable bonds is 4. The van der Waals surface area contributed by atoms with E-state index in [1.165, 1.54) is 0 Å². The summed E-state index contributed by atoms with van der Waals surface area (Å²) in [6.45, 7) is 1.83. The Labute approximate surface area is 105 Å². The van der Waals surface area contributed by atoms with Gasteiger partial charge in [-0.1, -0.05) is 6.07 Å². The van der Waals surface area contributed by atoms with Crippen molar-refractivity contribution in [2.24, 2.45) is 0 Å². The van der Waals surface area contributed by atoms with Gasteiger partial charge in [-0.05, 0) is 24.6 Å². The van der Waals surface area contributed by atoms with E-state index in [0.717, 1.165) is 11.8 Å². The fourth-order valence-corrected chi connectivity index (χ4v) is 1.88. The molecule has 0 aromatic heterocycles. The SMILES string of the molecule is Cc1ccc(NS(C)(=O)=O)c(NC(=O)CCl)c1. The van der Waals surface area contributed by atoms with E-state index < -0.39 is 15.9 Å².